The van der Waals surface area contributed by atoms with Gasteiger partial charge in [-0.05, 0) is 25.1 Å². The molecule has 6 nitrogen and oxygen atoms in total. The maximum atomic E-state index is 12.0. The fourth-order valence-corrected chi connectivity index (χ4v) is 2.67. The number of fused-ring (bicyclic) bond motifs is 1. The lowest BCUT2D eigenvalue weighted by molar-refractivity contribution is -0.116. The standard InChI is InChI=1S/C17H18ClN3O3/c1-11-13(17(18)21(2)20-11)7-8-16(22)19-9-12-10-23-14-5-3-4-6-15(14)24-12/h3-8,12H,9-10H2,1-2H3,(H,19,22)/b8-7+. The van der Waals surface area contributed by atoms with E-state index in [2.05, 4.69) is 10.4 Å². The number of nitrogens with zero attached hydrogens (tertiary/aromatic N) is 2. The van der Waals surface area contributed by atoms with Crippen LogP contribution in [0.25, 0.3) is 6.08 Å². The molecule has 1 aliphatic rings. The van der Waals surface area contributed by atoms with E-state index >= 15 is 0 Å². The van der Waals surface area contributed by atoms with Gasteiger partial charge in [-0.3, -0.25) is 9.48 Å². The minimum Gasteiger partial charge on any atom is -0.486 e. The maximum Gasteiger partial charge on any atom is 0.244 e. The van der Waals surface area contributed by atoms with Crippen LogP contribution in [0, 0.1) is 6.92 Å². The number of carbonyl (C=O) groups is 1. The molecule has 7 heteroatoms. The van der Waals surface area contributed by atoms with Gasteiger partial charge in [-0.25, -0.2) is 0 Å². The Morgan fingerprint density at radius 1 is 1.46 bits per heavy atom. The lowest BCUT2D eigenvalue weighted by Gasteiger charge is -2.26. The Balaban J connectivity index is 1.54. The maximum absolute atomic E-state index is 12.0. The zero-order chi connectivity index (χ0) is 17.1. The van der Waals surface area contributed by atoms with Gasteiger partial charge in [0, 0.05) is 18.7 Å². The van der Waals surface area contributed by atoms with Crippen molar-refractivity contribution in [3.05, 3.63) is 46.8 Å². The van der Waals surface area contributed by atoms with Crippen molar-refractivity contribution in [2.45, 2.75) is 13.0 Å². The van der Waals surface area contributed by atoms with Gasteiger partial charge in [0.1, 0.15) is 17.9 Å². The molecule has 1 atom stereocenters. The first-order valence-electron chi connectivity index (χ1n) is 7.58. The average Bonchev–Trinajstić information content (AvgIpc) is 2.83. The number of hydrogen-bond acceptors (Lipinski definition) is 4. The quantitative estimate of drug-likeness (QED) is 0.862. The van der Waals surface area contributed by atoms with Crippen LogP contribution in [-0.4, -0.2) is 34.9 Å². The molecule has 2 aromatic rings. The first-order chi connectivity index (χ1) is 11.5. The molecule has 1 aliphatic heterocycles. The van der Waals surface area contributed by atoms with Crippen LogP contribution in [-0.2, 0) is 11.8 Å². The largest absolute Gasteiger partial charge is 0.486 e. The summed E-state index contributed by atoms with van der Waals surface area (Å²) in [6.07, 6.45) is 2.88. The van der Waals surface area contributed by atoms with Gasteiger partial charge in [0.25, 0.3) is 0 Å². The van der Waals surface area contributed by atoms with E-state index in [-0.39, 0.29) is 12.0 Å². The van der Waals surface area contributed by atoms with E-state index in [9.17, 15) is 4.79 Å². The van der Waals surface area contributed by atoms with E-state index in [0.717, 1.165) is 17.0 Å². The lowest BCUT2D eigenvalue weighted by Crippen LogP contribution is -2.40. The molecule has 0 bridgehead atoms. The number of amides is 1. The summed E-state index contributed by atoms with van der Waals surface area (Å²) in [4.78, 5) is 12.0. The normalized spacial score (nSPS) is 16.4. The molecule has 126 valence electrons. The molecule has 1 unspecified atom stereocenters. The molecule has 1 aromatic heterocycles. The van der Waals surface area contributed by atoms with E-state index in [1.165, 1.54) is 6.08 Å². The summed E-state index contributed by atoms with van der Waals surface area (Å²) < 4.78 is 13.0. The molecule has 1 N–H and O–H groups in total. The molecule has 0 saturated heterocycles. The number of aryl methyl sites for hydroxylation is 2. The SMILES string of the molecule is Cc1nn(C)c(Cl)c1/C=C/C(=O)NCC1COc2ccccc2O1. The molecule has 0 fully saturated rings. The molecular formula is C17H18ClN3O3. The highest BCUT2D eigenvalue weighted by atomic mass is 35.5. The Morgan fingerprint density at radius 2 is 2.21 bits per heavy atom. The second kappa shape index (κ2) is 6.97. The van der Waals surface area contributed by atoms with Gasteiger partial charge in [0.05, 0.1) is 12.2 Å². The fraction of sp³-hybridized carbons (Fsp3) is 0.294. The Labute approximate surface area is 145 Å². The van der Waals surface area contributed by atoms with E-state index in [1.807, 2.05) is 31.2 Å². The third-order valence-electron chi connectivity index (χ3n) is 3.67. The first-order valence-corrected chi connectivity index (χ1v) is 7.96. The highest BCUT2D eigenvalue weighted by Crippen LogP contribution is 2.30. The minimum absolute atomic E-state index is 0.221. The highest BCUT2D eigenvalue weighted by Gasteiger charge is 2.20. The summed E-state index contributed by atoms with van der Waals surface area (Å²) in [6.45, 7) is 2.60. The van der Waals surface area contributed by atoms with Crippen molar-refractivity contribution in [3.63, 3.8) is 0 Å². The van der Waals surface area contributed by atoms with Crippen LogP contribution in [0.1, 0.15) is 11.3 Å². The van der Waals surface area contributed by atoms with Gasteiger partial charge in [-0.15, -0.1) is 0 Å². The predicted molar refractivity (Wildman–Crippen MR) is 91.4 cm³/mol. The van der Waals surface area contributed by atoms with Crippen molar-refractivity contribution in [1.82, 2.24) is 15.1 Å². The van der Waals surface area contributed by atoms with Gasteiger partial charge >= 0.3 is 0 Å². The number of benzene rings is 1. The summed E-state index contributed by atoms with van der Waals surface area (Å²) in [5.41, 5.74) is 1.51. The van der Waals surface area contributed by atoms with Gasteiger partial charge < -0.3 is 14.8 Å². The van der Waals surface area contributed by atoms with E-state index in [0.29, 0.717) is 24.1 Å². The van der Waals surface area contributed by atoms with Gasteiger partial charge in [0.15, 0.2) is 11.5 Å². The van der Waals surface area contributed by atoms with E-state index in [4.69, 9.17) is 21.1 Å². The van der Waals surface area contributed by atoms with Crippen molar-refractivity contribution in [2.24, 2.45) is 7.05 Å². The van der Waals surface area contributed by atoms with Crippen molar-refractivity contribution >= 4 is 23.6 Å². The van der Waals surface area contributed by atoms with Gasteiger partial charge in [0.2, 0.25) is 5.91 Å². The van der Waals surface area contributed by atoms with Gasteiger partial charge in [-0.2, -0.15) is 5.10 Å². The Kier molecular flexibility index (Phi) is 4.76. The predicted octanol–water partition coefficient (Wildman–Crippen LogP) is 2.35. The van der Waals surface area contributed by atoms with Crippen molar-refractivity contribution in [3.8, 4) is 11.5 Å². The summed E-state index contributed by atoms with van der Waals surface area (Å²) >= 11 is 6.13. The van der Waals surface area contributed by atoms with Crippen LogP contribution >= 0.6 is 11.6 Å². The molecule has 0 saturated carbocycles. The average molecular weight is 348 g/mol. The third kappa shape index (κ3) is 3.54. The number of halogens is 1. The van der Waals surface area contributed by atoms with Crippen LogP contribution in [0.15, 0.2) is 30.3 Å². The topological polar surface area (TPSA) is 65.4 Å². The summed E-state index contributed by atoms with van der Waals surface area (Å²) in [5.74, 6) is 1.19. The molecule has 1 amide bonds. The minimum atomic E-state index is -0.225. The molecule has 0 spiro atoms. The number of hydrogen-bond donors (Lipinski definition) is 1. The second-order valence-corrected chi connectivity index (χ2v) is 5.85. The van der Waals surface area contributed by atoms with E-state index in [1.54, 1.807) is 17.8 Å². The van der Waals surface area contributed by atoms with Crippen molar-refractivity contribution in [1.29, 1.82) is 0 Å². The second-order valence-electron chi connectivity index (χ2n) is 5.49. The van der Waals surface area contributed by atoms with E-state index < -0.39 is 0 Å². The summed E-state index contributed by atoms with van der Waals surface area (Å²) in [5, 5.41) is 7.49. The molecule has 2 heterocycles. The first kappa shape index (κ1) is 16.4. The fourth-order valence-electron chi connectivity index (χ4n) is 2.43. The van der Waals surface area contributed by atoms with Crippen LogP contribution in [0.3, 0.4) is 0 Å². The van der Waals surface area contributed by atoms with Crippen LogP contribution < -0.4 is 14.8 Å². The third-order valence-corrected chi connectivity index (χ3v) is 4.12. The number of aromatic nitrogens is 2. The molecule has 24 heavy (non-hydrogen) atoms. The molecule has 3 rings (SSSR count). The van der Waals surface area contributed by atoms with Crippen LogP contribution in [0.5, 0.6) is 11.5 Å². The lowest BCUT2D eigenvalue weighted by atomic mass is 10.2. The van der Waals surface area contributed by atoms with Crippen LogP contribution in [0.4, 0.5) is 0 Å². The molecule has 0 aliphatic carbocycles. The molecule has 1 aromatic carbocycles. The zero-order valence-corrected chi connectivity index (χ0v) is 14.2. The number of rotatable bonds is 4. The van der Waals surface area contributed by atoms with Crippen molar-refractivity contribution < 1.29 is 14.3 Å². The zero-order valence-electron chi connectivity index (χ0n) is 13.5. The highest BCUT2D eigenvalue weighted by molar-refractivity contribution is 6.31. The van der Waals surface area contributed by atoms with Gasteiger partial charge in [-0.1, -0.05) is 23.7 Å². The number of nitrogens with one attached hydrogen (secondary N) is 1. The summed E-state index contributed by atoms with van der Waals surface area (Å²) in [7, 11) is 1.75. The molecular weight excluding hydrogens is 330 g/mol. The monoisotopic (exact) mass is 347 g/mol. The van der Waals surface area contributed by atoms with Crippen LogP contribution in [0.2, 0.25) is 5.15 Å². The Morgan fingerprint density at radius 3 is 2.92 bits per heavy atom. The smallest absolute Gasteiger partial charge is 0.244 e. The van der Waals surface area contributed by atoms with Crippen molar-refractivity contribution in [2.75, 3.05) is 13.2 Å². The Hall–Kier alpha value is -2.47. The number of carbonyl (C=O) groups excluding carboxylic acids is 1. The Bertz CT molecular complexity index is 785. The number of ether oxygens (including phenoxy) is 2. The summed E-state index contributed by atoms with van der Waals surface area (Å²) in [6, 6.07) is 7.47. The number of para-hydroxylation sites is 2. The molecule has 0 radical (unpaired) electrons.